The number of rotatable bonds is 4. The van der Waals surface area contributed by atoms with Gasteiger partial charge in [0.25, 0.3) is 11.8 Å². The van der Waals surface area contributed by atoms with E-state index in [1.165, 1.54) is 25.7 Å². The summed E-state index contributed by atoms with van der Waals surface area (Å²) in [7, 11) is 0. The van der Waals surface area contributed by atoms with Crippen LogP contribution in [0.4, 0.5) is 0 Å². The molecule has 1 saturated carbocycles. The Kier molecular flexibility index (Phi) is 4.55. The number of amides is 2. The molecule has 2 fully saturated rings. The number of nitrogens with zero attached hydrogens (tertiary/aromatic N) is 1. The third-order valence-electron chi connectivity index (χ3n) is 5.24. The maximum absolute atomic E-state index is 12.9. The summed E-state index contributed by atoms with van der Waals surface area (Å²) in [6.45, 7) is 1.39. The molecule has 1 saturated heterocycles. The molecule has 2 aliphatic rings. The number of carbonyl (C=O) groups is 2. The molecule has 5 heteroatoms. The van der Waals surface area contributed by atoms with Gasteiger partial charge in [-0.3, -0.25) is 9.59 Å². The first-order valence-corrected chi connectivity index (χ1v) is 8.39. The third kappa shape index (κ3) is 3.49. The minimum Gasteiger partial charge on any atom is -0.483 e. The number of para-hydroxylation sites is 1. The lowest BCUT2D eigenvalue weighted by molar-refractivity contribution is -0.119. The molecule has 0 atom stereocenters. The summed E-state index contributed by atoms with van der Waals surface area (Å²) >= 11 is 0. The van der Waals surface area contributed by atoms with Crippen molar-refractivity contribution in [3.05, 3.63) is 29.8 Å². The molecule has 1 aliphatic heterocycles. The van der Waals surface area contributed by atoms with Crippen LogP contribution in [0.15, 0.2) is 24.3 Å². The van der Waals surface area contributed by atoms with Crippen LogP contribution in [-0.4, -0.2) is 36.4 Å². The van der Waals surface area contributed by atoms with Gasteiger partial charge in [0.05, 0.1) is 5.56 Å². The molecule has 0 aromatic heterocycles. The van der Waals surface area contributed by atoms with Gasteiger partial charge >= 0.3 is 0 Å². The fourth-order valence-electron chi connectivity index (χ4n) is 3.72. The van der Waals surface area contributed by atoms with E-state index in [0.717, 1.165) is 25.9 Å². The second-order valence-electron chi connectivity index (χ2n) is 6.75. The highest BCUT2D eigenvalue weighted by atomic mass is 16.5. The van der Waals surface area contributed by atoms with Crippen molar-refractivity contribution in [2.24, 2.45) is 11.1 Å². The molecule has 1 aromatic rings. The Hall–Kier alpha value is -2.04. The normalized spacial score (nSPS) is 19.7. The van der Waals surface area contributed by atoms with Crippen LogP contribution >= 0.6 is 0 Å². The molecule has 124 valence electrons. The van der Waals surface area contributed by atoms with Crippen molar-refractivity contribution < 1.29 is 14.3 Å². The van der Waals surface area contributed by atoms with Crippen molar-refractivity contribution >= 4 is 11.8 Å². The van der Waals surface area contributed by atoms with Gasteiger partial charge in [0.15, 0.2) is 6.61 Å². The summed E-state index contributed by atoms with van der Waals surface area (Å²) in [6, 6.07) is 7.07. The van der Waals surface area contributed by atoms with Crippen molar-refractivity contribution in [3.8, 4) is 5.75 Å². The van der Waals surface area contributed by atoms with Crippen LogP contribution in [0.2, 0.25) is 0 Å². The second kappa shape index (κ2) is 6.60. The monoisotopic (exact) mass is 316 g/mol. The van der Waals surface area contributed by atoms with Gasteiger partial charge in [-0.25, -0.2) is 0 Å². The largest absolute Gasteiger partial charge is 0.483 e. The van der Waals surface area contributed by atoms with Crippen LogP contribution in [0.1, 0.15) is 48.9 Å². The number of primary amides is 1. The average molecular weight is 316 g/mol. The minimum absolute atomic E-state index is 0.0126. The molecule has 3 rings (SSSR count). The molecular formula is C18H24N2O3. The van der Waals surface area contributed by atoms with Gasteiger partial charge in [0, 0.05) is 13.1 Å². The number of likely N-dealkylation sites (tertiary alicyclic amines) is 1. The smallest absolute Gasteiger partial charge is 0.257 e. The van der Waals surface area contributed by atoms with Gasteiger partial charge in [0.2, 0.25) is 0 Å². The molecule has 2 N–H and O–H groups in total. The van der Waals surface area contributed by atoms with E-state index in [4.69, 9.17) is 10.5 Å². The van der Waals surface area contributed by atoms with Crippen molar-refractivity contribution in [1.29, 1.82) is 0 Å². The summed E-state index contributed by atoms with van der Waals surface area (Å²) in [4.78, 5) is 25.7. The maximum Gasteiger partial charge on any atom is 0.257 e. The highest BCUT2D eigenvalue weighted by Crippen LogP contribution is 2.48. The first-order valence-electron chi connectivity index (χ1n) is 8.39. The van der Waals surface area contributed by atoms with Crippen molar-refractivity contribution in [1.82, 2.24) is 4.90 Å². The fraction of sp³-hybridized carbons (Fsp3) is 0.556. The van der Waals surface area contributed by atoms with Crippen molar-refractivity contribution in [2.75, 3.05) is 19.7 Å². The van der Waals surface area contributed by atoms with Gasteiger partial charge in [-0.15, -0.1) is 0 Å². The van der Waals surface area contributed by atoms with Crippen LogP contribution in [0.3, 0.4) is 0 Å². The van der Waals surface area contributed by atoms with E-state index in [9.17, 15) is 9.59 Å². The summed E-state index contributed by atoms with van der Waals surface area (Å²) < 4.78 is 5.39. The lowest BCUT2D eigenvalue weighted by atomic mass is 9.64. The van der Waals surface area contributed by atoms with Crippen LogP contribution in [0, 0.1) is 5.41 Å². The molecule has 1 heterocycles. The Balaban J connectivity index is 1.71. The van der Waals surface area contributed by atoms with Crippen LogP contribution < -0.4 is 10.5 Å². The zero-order valence-corrected chi connectivity index (χ0v) is 13.4. The van der Waals surface area contributed by atoms with Crippen LogP contribution in [0.25, 0.3) is 0 Å². The first kappa shape index (κ1) is 15.8. The molecule has 0 bridgehead atoms. The molecule has 0 radical (unpaired) electrons. The average Bonchev–Trinajstić information content (AvgIpc) is 2.75. The van der Waals surface area contributed by atoms with Crippen LogP contribution in [0.5, 0.6) is 5.75 Å². The quantitative estimate of drug-likeness (QED) is 0.926. The Labute approximate surface area is 136 Å². The van der Waals surface area contributed by atoms with E-state index in [-0.39, 0.29) is 12.5 Å². The van der Waals surface area contributed by atoms with Crippen LogP contribution in [-0.2, 0) is 4.79 Å². The maximum atomic E-state index is 12.9. The predicted molar refractivity (Wildman–Crippen MR) is 87.2 cm³/mol. The summed E-state index contributed by atoms with van der Waals surface area (Å²) in [5.74, 6) is -0.130. The highest BCUT2D eigenvalue weighted by Gasteiger charge is 2.38. The second-order valence-corrected chi connectivity index (χ2v) is 6.75. The molecule has 1 aliphatic carbocycles. The summed E-state index contributed by atoms with van der Waals surface area (Å²) in [5, 5.41) is 0. The summed E-state index contributed by atoms with van der Waals surface area (Å²) in [5.41, 5.74) is 6.13. The molecule has 23 heavy (non-hydrogen) atoms. The molecule has 0 unspecified atom stereocenters. The lowest BCUT2D eigenvalue weighted by Crippen LogP contribution is -2.34. The Bertz CT molecular complexity index is 596. The minimum atomic E-state index is -0.547. The number of hydrogen-bond donors (Lipinski definition) is 1. The van der Waals surface area contributed by atoms with E-state index < -0.39 is 5.91 Å². The van der Waals surface area contributed by atoms with Gasteiger partial charge < -0.3 is 15.4 Å². The standard InChI is InChI=1S/C18H24N2O3/c19-16(21)13-23-15-6-2-1-5-14(15)17(22)20-11-4-9-18(10-12-20)7-3-8-18/h1-2,5-6H,3-4,7-13H2,(H2,19,21). The number of benzene rings is 1. The van der Waals surface area contributed by atoms with E-state index in [2.05, 4.69) is 0 Å². The zero-order chi connectivity index (χ0) is 16.3. The predicted octanol–water partition coefficient (Wildman–Crippen LogP) is 2.35. The number of hydrogen-bond acceptors (Lipinski definition) is 3. The van der Waals surface area contributed by atoms with Gasteiger partial charge in [-0.1, -0.05) is 18.6 Å². The molecule has 5 nitrogen and oxygen atoms in total. The molecule has 1 aromatic carbocycles. The lowest BCUT2D eigenvalue weighted by Gasteiger charge is -2.41. The third-order valence-corrected chi connectivity index (χ3v) is 5.24. The van der Waals surface area contributed by atoms with Crippen molar-refractivity contribution in [3.63, 3.8) is 0 Å². The fourth-order valence-corrected chi connectivity index (χ4v) is 3.72. The van der Waals surface area contributed by atoms with E-state index in [0.29, 0.717) is 16.7 Å². The number of carbonyl (C=O) groups excluding carboxylic acids is 2. The van der Waals surface area contributed by atoms with E-state index in [1.807, 2.05) is 11.0 Å². The Morgan fingerprint density at radius 1 is 1.09 bits per heavy atom. The summed E-state index contributed by atoms with van der Waals surface area (Å²) in [6.07, 6.45) is 7.36. The van der Waals surface area contributed by atoms with Crippen molar-refractivity contribution in [2.45, 2.75) is 38.5 Å². The first-order chi connectivity index (χ1) is 11.1. The number of ether oxygens (including phenoxy) is 1. The van der Waals surface area contributed by atoms with E-state index >= 15 is 0 Å². The van der Waals surface area contributed by atoms with E-state index in [1.54, 1.807) is 18.2 Å². The number of nitrogens with two attached hydrogens (primary N) is 1. The Morgan fingerprint density at radius 3 is 2.52 bits per heavy atom. The van der Waals surface area contributed by atoms with Gasteiger partial charge in [0.1, 0.15) is 5.75 Å². The molecular weight excluding hydrogens is 292 g/mol. The zero-order valence-electron chi connectivity index (χ0n) is 13.4. The topological polar surface area (TPSA) is 72.6 Å². The molecule has 2 amide bonds. The Morgan fingerprint density at radius 2 is 1.83 bits per heavy atom. The molecule has 1 spiro atoms. The van der Waals surface area contributed by atoms with Gasteiger partial charge in [-0.05, 0) is 49.7 Å². The SMILES string of the molecule is NC(=O)COc1ccccc1C(=O)N1CCCC2(CCC2)CC1. The van der Waals surface area contributed by atoms with Gasteiger partial charge in [-0.2, -0.15) is 0 Å². The highest BCUT2D eigenvalue weighted by molar-refractivity contribution is 5.97.